The van der Waals surface area contributed by atoms with Crippen LogP contribution in [0.1, 0.15) is 49.3 Å². The first-order chi connectivity index (χ1) is 10.2. The summed E-state index contributed by atoms with van der Waals surface area (Å²) in [6.45, 7) is 2.03. The van der Waals surface area contributed by atoms with Gasteiger partial charge in [-0.25, -0.2) is 4.79 Å². The Hall–Kier alpha value is -1.39. The Labute approximate surface area is 125 Å². The van der Waals surface area contributed by atoms with E-state index in [9.17, 15) is 4.79 Å². The minimum atomic E-state index is -0.672. The van der Waals surface area contributed by atoms with Gasteiger partial charge in [-0.3, -0.25) is 0 Å². The van der Waals surface area contributed by atoms with Gasteiger partial charge in [0.1, 0.15) is 6.10 Å². The summed E-state index contributed by atoms with van der Waals surface area (Å²) in [6, 6.07) is 7.98. The standard InChI is InChI=1S/C17H22O4/c1-12-8-4-5-9-13(12)14-15(16(18)19-2)21-17(20-14)10-6-3-7-11-17/h4-5,8-9,14-15H,3,6-7,10-11H2,1-2H3. The summed E-state index contributed by atoms with van der Waals surface area (Å²) < 4.78 is 17.3. The largest absolute Gasteiger partial charge is 0.467 e. The number of hydrogen-bond acceptors (Lipinski definition) is 4. The molecule has 1 spiro atoms. The molecule has 1 saturated carbocycles. The lowest BCUT2D eigenvalue weighted by atomic mass is 9.94. The van der Waals surface area contributed by atoms with Gasteiger partial charge in [-0.2, -0.15) is 0 Å². The summed E-state index contributed by atoms with van der Waals surface area (Å²) in [7, 11) is 1.40. The number of aryl methyl sites for hydroxylation is 1. The highest BCUT2D eigenvalue weighted by Gasteiger charge is 2.52. The van der Waals surface area contributed by atoms with Crippen molar-refractivity contribution in [3.8, 4) is 0 Å². The van der Waals surface area contributed by atoms with Gasteiger partial charge in [-0.15, -0.1) is 0 Å². The molecule has 4 heteroatoms. The lowest BCUT2D eigenvalue weighted by molar-refractivity contribution is -0.199. The Morgan fingerprint density at radius 1 is 1.19 bits per heavy atom. The van der Waals surface area contributed by atoms with Gasteiger partial charge in [0.2, 0.25) is 0 Å². The van der Waals surface area contributed by atoms with Crippen molar-refractivity contribution in [3.63, 3.8) is 0 Å². The fraction of sp³-hybridized carbons (Fsp3) is 0.588. The second-order valence-corrected chi connectivity index (χ2v) is 5.93. The maximum Gasteiger partial charge on any atom is 0.338 e. The minimum absolute atomic E-state index is 0.356. The molecule has 1 heterocycles. The second-order valence-electron chi connectivity index (χ2n) is 5.93. The molecule has 0 aromatic heterocycles. The van der Waals surface area contributed by atoms with Gasteiger partial charge in [-0.05, 0) is 30.9 Å². The van der Waals surface area contributed by atoms with Gasteiger partial charge >= 0.3 is 5.97 Å². The topological polar surface area (TPSA) is 44.8 Å². The molecular formula is C17H22O4. The van der Waals surface area contributed by atoms with Gasteiger partial charge in [0, 0.05) is 12.8 Å². The molecule has 2 aliphatic rings. The zero-order valence-electron chi connectivity index (χ0n) is 12.6. The number of methoxy groups -OCH3 is 1. The Kier molecular flexibility index (Phi) is 4.00. The van der Waals surface area contributed by atoms with Crippen LogP contribution in [0.15, 0.2) is 24.3 Å². The van der Waals surface area contributed by atoms with E-state index in [1.54, 1.807) is 0 Å². The fourth-order valence-electron chi connectivity index (χ4n) is 3.36. The van der Waals surface area contributed by atoms with E-state index in [4.69, 9.17) is 14.2 Å². The average molecular weight is 290 g/mol. The normalized spacial score (nSPS) is 27.7. The number of carbonyl (C=O) groups is 1. The number of esters is 1. The van der Waals surface area contributed by atoms with Crippen molar-refractivity contribution in [2.24, 2.45) is 0 Å². The Morgan fingerprint density at radius 2 is 1.90 bits per heavy atom. The molecule has 0 N–H and O–H groups in total. The number of ether oxygens (including phenoxy) is 3. The van der Waals surface area contributed by atoms with E-state index in [1.165, 1.54) is 13.5 Å². The molecule has 2 unspecified atom stereocenters. The van der Waals surface area contributed by atoms with Crippen molar-refractivity contribution < 1.29 is 19.0 Å². The second kappa shape index (κ2) is 5.78. The summed E-state index contributed by atoms with van der Waals surface area (Å²) >= 11 is 0. The SMILES string of the molecule is COC(=O)C1OC2(CCCCC2)OC1c1ccccc1C. The molecule has 2 fully saturated rings. The Balaban J connectivity index is 1.92. The molecular weight excluding hydrogens is 268 g/mol. The van der Waals surface area contributed by atoms with E-state index in [2.05, 4.69) is 0 Å². The van der Waals surface area contributed by atoms with Gasteiger partial charge < -0.3 is 14.2 Å². The first-order valence-electron chi connectivity index (χ1n) is 7.64. The van der Waals surface area contributed by atoms with Crippen LogP contribution in [0.4, 0.5) is 0 Å². The zero-order chi connectivity index (χ0) is 14.9. The predicted molar refractivity (Wildman–Crippen MR) is 77.7 cm³/mol. The first-order valence-corrected chi connectivity index (χ1v) is 7.64. The molecule has 0 bridgehead atoms. The van der Waals surface area contributed by atoms with E-state index >= 15 is 0 Å². The van der Waals surface area contributed by atoms with Crippen LogP contribution in [0.2, 0.25) is 0 Å². The zero-order valence-corrected chi connectivity index (χ0v) is 12.6. The number of rotatable bonds is 2. The first kappa shape index (κ1) is 14.5. The van der Waals surface area contributed by atoms with Crippen molar-refractivity contribution in [1.29, 1.82) is 0 Å². The highest BCUT2D eigenvalue weighted by Crippen LogP contribution is 2.46. The smallest absolute Gasteiger partial charge is 0.338 e. The van der Waals surface area contributed by atoms with E-state index in [0.717, 1.165) is 36.8 Å². The highest BCUT2D eigenvalue weighted by atomic mass is 16.8. The summed E-state index contributed by atoms with van der Waals surface area (Å²) in [5.41, 5.74) is 2.11. The molecule has 4 nitrogen and oxygen atoms in total. The van der Waals surface area contributed by atoms with Crippen LogP contribution in [0, 0.1) is 6.92 Å². The van der Waals surface area contributed by atoms with Crippen molar-refractivity contribution >= 4 is 5.97 Å². The van der Waals surface area contributed by atoms with Crippen LogP contribution < -0.4 is 0 Å². The fourth-order valence-corrected chi connectivity index (χ4v) is 3.36. The quantitative estimate of drug-likeness (QED) is 0.784. The lowest BCUT2D eigenvalue weighted by Crippen LogP contribution is -2.35. The monoisotopic (exact) mass is 290 g/mol. The van der Waals surface area contributed by atoms with Crippen LogP contribution in [0.25, 0.3) is 0 Å². The molecule has 21 heavy (non-hydrogen) atoms. The molecule has 1 aliphatic heterocycles. The maximum atomic E-state index is 12.1. The summed E-state index contributed by atoms with van der Waals surface area (Å²) in [5, 5.41) is 0. The van der Waals surface area contributed by atoms with E-state index < -0.39 is 11.9 Å². The molecule has 1 aromatic rings. The van der Waals surface area contributed by atoms with Gasteiger partial charge in [0.05, 0.1) is 7.11 Å². The van der Waals surface area contributed by atoms with E-state index in [-0.39, 0.29) is 12.1 Å². The minimum Gasteiger partial charge on any atom is -0.467 e. The molecule has 2 atom stereocenters. The Bertz CT molecular complexity index is 519. The van der Waals surface area contributed by atoms with E-state index in [0.29, 0.717) is 0 Å². The van der Waals surface area contributed by atoms with Crippen LogP contribution in [0.5, 0.6) is 0 Å². The van der Waals surface area contributed by atoms with Crippen LogP contribution in [-0.2, 0) is 19.0 Å². The number of carbonyl (C=O) groups excluding carboxylic acids is 1. The summed E-state index contributed by atoms with van der Waals surface area (Å²) in [4.78, 5) is 12.1. The molecule has 114 valence electrons. The van der Waals surface area contributed by atoms with Crippen LogP contribution in [-0.4, -0.2) is 25.0 Å². The number of benzene rings is 1. The molecule has 3 rings (SSSR count). The van der Waals surface area contributed by atoms with Crippen LogP contribution in [0.3, 0.4) is 0 Å². The third kappa shape index (κ3) is 2.70. The van der Waals surface area contributed by atoms with Crippen molar-refractivity contribution in [2.75, 3.05) is 7.11 Å². The van der Waals surface area contributed by atoms with Gasteiger partial charge in [0.25, 0.3) is 0 Å². The molecule has 0 radical (unpaired) electrons. The Morgan fingerprint density at radius 3 is 2.57 bits per heavy atom. The highest BCUT2D eigenvalue weighted by molar-refractivity contribution is 5.76. The van der Waals surface area contributed by atoms with E-state index in [1.807, 2.05) is 31.2 Å². The van der Waals surface area contributed by atoms with Crippen LogP contribution >= 0.6 is 0 Å². The average Bonchev–Trinajstić information content (AvgIpc) is 2.86. The van der Waals surface area contributed by atoms with Crippen molar-refractivity contribution in [3.05, 3.63) is 35.4 Å². The molecule has 0 amide bonds. The van der Waals surface area contributed by atoms with Gasteiger partial charge in [0.15, 0.2) is 11.9 Å². The molecule has 1 aliphatic carbocycles. The molecule has 1 aromatic carbocycles. The summed E-state index contributed by atoms with van der Waals surface area (Å²) in [6.07, 6.45) is 4.01. The third-order valence-electron chi connectivity index (χ3n) is 4.50. The maximum absolute atomic E-state index is 12.1. The van der Waals surface area contributed by atoms with Crippen molar-refractivity contribution in [2.45, 2.75) is 57.0 Å². The lowest BCUT2D eigenvalue weighted by Gasteiger charge is -2.31. The van der Waals surface area contributed by atoms with Gasteiger partial charge in [-0.1, -0.05) is 30.7 Å². The predicted octanol–water partition coefficient (Wildman–Crippen LogP) is 3.28. The van der Waals surface area contributed by atoms with Crippen molar-refractivity contribution in [1.82, 2.24) is 0 Å². The molecule has 1 saturated heterocycles. The third-order valence-corrected chi connectivity index (χ3v) is 4.50. The number of hydrogen-bond donors (Lipinski definition) is 0. The summed E-state index contributed by atoms with van der Waals surface area (Å²) in [5.74, 6) is -0.963.